The minimum absolute atomic E-state index is 0.0291. The van der Waals surface area contributed by atoms with Crippen LogP contribution in [-0.2, 0) is 4.74 Å². The molecule has 1 aromatic carbocycles. The van der Waals surface area contributed by atoms with Gasteiger partial charge in [-0.15, -0.1) is 0 Å². The van der Waals surface area contributed by atoms with Gasteiger partial charge in [-0.2, -0.15) is 13.2 Å². The molecule has 8 heteroatoms. The second-order valence-corrected chi connectivity index (χ2v) is 4.66. The van der Waals surface area contributed by atoms with Gasteiger partial charge in [-0.1, -0.05) is 12.8 Å². The van der Waals surface area contributed by atoms with Crippen LogP contribution < -0.4 is 0 Å². The number of unbranched alkanes of at least 4 members (excludes halogenated alkanes) is 3. The van der Waals surface area contributed by atoms with Gasteiger partial charge in [0.05, 0.1) is 6.61 Å². The van der Waals surface area contributed by atoms with Gasteiger partial charge in [-0.3, -0.25) is 0 Å². The van der Waals surface area contributed by atoms with Crippen molar-refractivity contribution in [2.24, 2.45) is 0 Å². The molecule has 0 amide bonds. The second kappa shape index (κ2) is 8.05. The van der Waals surface area contributed by atoms with Gasteiger partial charge in [0.15, 0.2) is 0 Å². The van der Waals surface area contributed by atoms with Crippen LogP contribution in [0.3, 0.4) is 0 Å². The van der Waals surface area contributed by atoms with E-state index in [-0.39, 0.29) is 19.4 Å². The fraction of sp³-hybridized carbons (Fsp3) is 0.500. The summed E-state index contributed by atoms with van der Waals surface area (Å²) in [7, 11) is 0. The van der Waals surface area contributed by atoms with E-state index in [0.717, 1.165) is 0 Å². The van der Waals surface area contributed by atoms with Crippen molar-refractivity contribution >= 4 is 5.97 Å². The number of rotatable bonds is 7. The number of esters is 1. The van der Waals surface area contributed by atoms with Gasteiger partial charge in [0.25, 0.3) is 0 Å². The van der Waals surface area contributed by atoms with Crippen LogP contribution in [0.5, 0.6) is 0 Å². The Morgan fingerprint density at radius 2 is 1.50 bits per heavy atom. The maximum atomic E-state index is 13.3. The lowest BCUT2D eigenvalue weighted by atomic mass is 10.1. The Balaban J connectivity index is 2.30. The molecule has 0 bridgehead atoms. The molecule has 0 unspecified atom stereocenters. The van der Waals surface area contributed by atoms with Gasteiger partial charge >= 0.3 is 12.1 Å². The Kier molecular flexibility index (Phi) is 6.70. The maximum Gasteiger partial charge on any atom is 0.389 e. The van der Waals surface area contributed by atoms with Crippen LogP contribution in [0.1, 0.15) is 42.5 Å². The molecular formula is C14H14F6O2. The lowest BCUT2D eigenvalue weighted by molar-refractivity contribution is -0.135. The monoisotopic (exact) mass is 328 g/mol. The van der Waals surface area contributed by atoms with E-state index in [2.05, 4.69) is 4.74 Å². The molecule has 0 fully saturated rings. The van der Waals surface area contributed by atoms with Crippen LogP contribution in [0, 0.1) is 17.5 Å². The molecule has 0 aliphatic carbocycles. The molecule has 2 nitrogen and oxygen atoms in total. The van der Waals surface area contributed by atoms with Crippen molar-refractivity contribution in [1.29, 1.82) is 0 Å². The second-order valence-electron chi connectivity index (χ2n) is 4.66. The summed E-state index contributed by atoms with van der Waals surface area (Å²) in [4.78, 5) is 11.4. The fourth-order valence-corrected chi connectivity index (χ4v) is 1.76. The topological polar surface area (TPSA) is 26.3 Å². The summed E-state index contributed by atoms with van der Waals surface area (Å²) >= 11 is 0. The Bertz CT molecular complexity index is 490. The molecule has 1 rings (SSSR count). The van der Waals surface area contributed by atoms with E-state index in [0.29, 0.717) is 25.0 Å². The molecule has 0 N–H and O–H groups in total. The zero-order valence-electron chi connectivity index (χ0n) is 11.5. The van der Waals surface area contributed by atoms with E-state index in [9.17, 15) is 31.1 Å². The number of alkyl halides is 3. The summed E-state index contributed by atoms with van der Waals surface area (Å²) in [6, 6.07) is 0.716. The molecule has 0 radical (unpaired) electrons. The van der Waals surface area contributed by atoms with E-state index in [4.69, 9.17) is 0 Å². The van der Waals surface area contributed by atoms with Crippen molar-refractivity contribution in [3.8, 4) is 0 Å². The fourth-order valence-electron chi connectivity index (χ4n) is 1.76. The predicted molar refractivity (Wildman–Crippen MR) is 65.7 cm³/mol. The summed E-state index contributed by atoms with van der Waals surface area (Å²) < 4.78 is 79.4. The highest BCUT2D eigenvalue weighted by molar-refractivity contribution is 5.90. The van der Waals surface area contributed by atoms with Crippen LogP contribution in [0.15, 0.2) is 12.1 Å². The average Bonchev–Trinajstić information content (AvgIpc) is 2.34. The van der Waals surface area contributed by atoms with Crippen LogP contribution in [0.2, 0.25) is 0 Å². The lowest BCUT2D eigenvalue weighted by Crippen LogP contribution is -2.11. The Labute approximate surface area is 123 Å². The summed E-state index contributed by atoms with van der Waals surface area (Å²) in [5.74, 6) is -5.16. The number of carbonyl (C=O) groups excluding carboxylic acids is 1. The molecule has 0 aliphatic heterocycles. The predicted octanol–water partition coefficient (Wildman–Crippen LogP) is 4.77. The van der Waals surface area contributed by atoms with Crippen LogP contribution in [0.25, 0.3) is 0 Å². The smallest absolute Gasteiger partial charge is 0.389 e. The molecule has 22 heavy (non-hydrogen) atoms. The molecule has 0 spiro atoms. The minimum atomic E-state index is -4.19. The van der Waals surface area contributed by atoms with Crippen molar-refractivity contribution in [3.05, 3.63) is 35.1 Å². The SMILES string of the molecule is O=C(OCCCCCCC(F)(F)F)c1c(F)cc(F)cc1F. The summed E-state index contributed by atoms with van der Waals surface area (Å²) in [6.07, 6.45) is -4.14. The van der Waals surface area contributed by atoms with Crippen LogP contribution in [0.4, 0.5) is 26.3 Å². The van der Waals surface area contributed by atoms with Gasteiger partial charge in [0, 0.05) is 18.6 Å². The molecular weight excluding hydrogens is 314 g/mol. The highest BCUT2D eigenvalue weighted by Crippen LogP contribution is 2.23. The number of carbonyl (C=O) groups is 1. The van der Waals surface area contributed by atoms with Crippen molar-refractivity contribution in [3.63, 3.8) is 0 Å². The van der Waals surface area contributed by atoms with Crippen LogP contribution in [-0.4, -0.2) is 18.8 Å². The summed E-state index contributed by atoms with van der Waals surface area (Å²) in [5.41, 5.74) is -0.988. The first kappa shape index (κ1) is 18.3. The first-order valence-electron chi connectivity index (χ1n) is 6.59. The van der Waals surface area contributed by atoms with E-state index < -0.39 is 41.6 Å². The first-order chi connectivity index (χ1) is 10.2. The highest BCUT2D eigenvalue weighted by Gasteiger charge is 2.25. The van der Waals surface area contributed by atoms with E-state index in [1.54, 1.807) is 0 Å². The number of benzene rings is 1. The maximum absolute atomic E-state index is 13.3. The molecule has 1 aromatic rings. The quantitative estimate of drug-likeness (QED) is 0.409. The lowest BCUT2D eigenvalue weighted by Gasteiger charge is -2.07. The van der Waals surface area contributed by atoms with Gasteiger partial charge in [0.1, 0.15) is 23.0 Å². The van der Waals surface area contributed by atoms with E-state index in [1.165, 1.54) is 0 Å². The summed E-state index contributed by atoms with van der Waals surface area (Å²) in [5, 5.41) is 0. The van der Waals surface area contributed by atoms with Gasteiger partial charge < -0.3 is 4.74 Å². The Morgan fingerprint density at radius 3 is 2.05 bits per heavy atom. The number of ether oxygens (including phenoxy) is 1. The molecule has 0 saturated carbocycles. The number of halogens is 6. The van der Waals surface area contributed by atoms with Crippen LogP contribution >= 0.6 is 0 Å². The Hall–Kier alpha value is -1.73. The van der Waals surface area contributed by atoms with Gasteiger partial charge in [-0.25, -0.2) is 18.0 Å². The Morgan fingerprint density at radius 1 is 0.955 bits per heavy atom. The van der Waals surface area contributed by atoms with E-state index >= 15 is 0 Å². The normalized spacial score (nSPS) is 11.5. The summed E-state index contributed by atoms with van der Waals surface area (Å²) in [6.45, 7) is -0.179. The minimum Gasteiger partial charge on any atom is -0.462 e. The molecule has 0 atom stereocenters. The van der Waals surface area contributed by atoms with E-state index in [1.807, 2.05) is 0 Å². The van der Waals surface area contributed by atoms with Crippen molar-refractivity contribution in [2.45, 2.75) is 38.3 Å². The number of hydrogen-bond acceptors (Lipinski definition) is 2. The van der Waals surface area contributed by atoms with Crippen molar-refractivity contribution in [2.75, 3.05) is 6.61 Å². The largest absolute Gasteiger partial charge is 0.462 e. The third-order valence-electron chi connectivity index (χ3n) is 2.80. The molecule has 124 valence electrons. The van der Waals surface area contributed by atoms with Gasteiger partial charge in [0.2, 0.25) is 0 Å². The standard InChI is InChI=1S/C14H14F6O2/c15-9-7-10(16)12(11(17)8-9)13(21)22-6-4-2-1-3-5-14(18,19)20/h7-8H,1-6H2. The first-order valence-corrected chi connectivity index (χ1v) is 6.59. The molecule has 0 aliphatic rings. The van der Waals surface area contributed by atoms with Crippen molar-refractivity contribution in [1.82, 2.24) is 0 Å². The van der Waals surface area contributed by atoms with Gasteiger partial charge in [-0.05, 0) is 12.8 Å². The van der Waals surface area contributed by atoms with Crippen molar-refractivity contribution < 1.29 is 35.9 Å². The third kappa shape index (κ3) is 6.36. The molecule has 0 saturated heterocycles. The zero-order chi connectivity index (χ0) is 16.8. The molecule has 0 heterocycles. The highest BCUT2D eigenvalue weighted by atomic mass is 19.4. The average molecular weight is 328 g/mol. The number of hydrogen-bond donors (Lipinski definition) is 0. The zero-order valence-corrected chi connectivity index (χ0v) is 11.5. The molecule has 0 aromatic heterocycles. The third-order valence-corrected chi connectivity index (χ3v) is 2.80.